The quantitative estimate of drug-likeness (QED) is 0.571. The molecule has 0 radical (unpaired) electrons. The number of anilines is 1. The van der Waals surface area contributed by atoms with Gasteiger partial charge in [0.1, 0.15) is 12.4 Å². The molecule has 3 rings (SSSR count). The maximum Gasteiger partial charge on any atom is 0.265 e. The highest BCUT2D eigenvalue weighted by molar-refractivity contribution is 7.12. The van der Waals surface area contributed by atoms with Crippen molar-refractivity contribution in [3.8, 4) is 5.75 Å². The zero-order valence-electron chi connectivity index (χ0n) is 14.9. The lowest BCUT2D eigenvalue weighted by molar-refractivity contribution is 0.103. The average Bonchev–Trinajstić information content (AvgIpc) is 3.09. The van der Waals surface area contributed by atoms with E-state index < -0.39 is 0 Å². The van der Waals surface area contributed by atoms with Crippen LogP contribution in [0, 0.1) is 20.8 Å². The van der Waals surface area contributed by atoms with Gasteiger partial charge in [-0.3, -0.25) is 4.79 Å². The largest absolute Gasteiger partial charge is 0.489 e. The molecule has 0 aliphatic carbocycles. The third-order valence-corrected chi connectivity index (χ3v) is 5.64. The van der Waals surface area contributed by atoms with Crippen LogP contribution in [-0.2, 0) is 6.61 Å². The number of ether oxygens (including phenoxy) is 1. The standard InChI is InChI=1S/C21H20ClNO2S/c1-13-5-4-6-19(15(13)3)25-11-16-9-20(26-12-16)21(24)23-17-8-7-14(2)18(22)10-17/h4-10,12H,11H2,1-3H3,(H,23,24). The van der Waals surface area contributed by atoms with E-state index in [2.05, 4.69) is 18.3 Å². The summed E-state index contributed by atoms with van der Waals surface area (Å²) in [6, 6.07) is 13.4. The van der Waals surface area contributed by atoms with Crippen LogP contribution in [0.5, 0.6) is 5.75 Å². The van der Waals surface area contributed by atoms with Crippen molar-refractivity contribution in [2.24, 2.45) is 0 Å². The van der Waals surface area contributed by atoms with Crippen molar-refractivity contribution in [2.75, 3.05) is 5.32 Å². The summed E-state index contributed by atoms with van der Waals surface area (Å²) in [5.41, 5.74) is 4.98. The Kier molecular flexibility index (Phi) is 5.64. The summed E-state index contributed by atoms with van der Waals surface area (Å²) in [6.07, 6.45) is 0. The molecule has 3 aromatic rings. The zero-order valence-corrected chi connectivity index (χ0v) is 16.5. The first-order valence-corrected chi connectivity index (χ1v) is 9.53. The van der Waals surface area contributed by atoms with Gasteiger partial charge >= 0.3 is 0 Å². The molecule has 0 bridgehead atoms. The molecular formula is C21H20ClNO2S. The summed E-state index contributed by atoms with van der Waals surface area (Å²) in [7, 11) is 0. The van der Waals surface area contributed by atoms with Gasteiger partial charge in [-0.05, 0) is 67.1 Å². The van der Waals surface area contributed by atoms with Crippen molar-refractivity contribution in [3.63, 3.8) is 0 Å². The number of hydrogen-bond acceptors (Lipinski definition) is 3. The van der Waals surface area contributed by atoms with E-state index in [0.717, 1.165) is 22.4 Å². The van der Waals surface area contributed by atoms with Gasteiger partial charge in [0.15, 0.2) is 0 Å². The van der Waals surface area contributed by atoms with Crippen LogP contribution >= 0.6 is 22.9 Å². The Hall–Kier alpha value is -2.30. The lowest BCUT2D eigenvalue weighted by Crippen LogP contribution is -2.10. The monoisotopic (exact) mass is 385 g/mol. The lowest BCUT2D eigenvalue weighted by atomic mass is 10.1. The van der Waals surface area contributed by atoms with Gasteiger partial charge in [-0.25, -0.2) is 0 Å². The molecule has 1 aromatic heterocycles. The number of rotatable bonds is 5. The second-order valence-electron chi connectivity index (χ2n) is 6.22. The zero-order chi connectivity index (χ0) is 18.7. The summed E-state index contributed by atoms with van der Waals surface area (Å²) < 4.78 is 5.90. The maximum atomic E-state index is 12.4. The molecule has 0 aliphatic heterocycles. The molecule has 0 fully saturated rings. The number of aryl methyl sites for hydroxylation is 2. The second-order valence-corrected chi connectivity index (χ2v) is 7.54. The number of thiophene rings is 1. The summed E-state index contributed by atoms with van der Waals surface area (Å²) in [5.74, 6) is 0.726. The van der Waals surface area contributed by atoms with E-state index in [9.17, 15) is 4.79 Å². The fourth-order valence-corrected chi connectivity index (χ4v) is 3.45. The summed E-state index contributed by atoms with van der Waals surface area (Å²) >= 11 is 7.51. The van der Waals surface area contributed by atoms with Crippen molar-refractivity contribution in [1.82, 2.24) is 0 Å². The Labute approximate surface area is 162 Å². The number of hydrogen-bond donors (Lipinski definition) is 1. The molecule has 0 saturated carbocycles. The Bertz CT molecular complexity index is 949. The third kappa shape index (κ3) is 4.26. The number of amides is 1. The predicted octanol–water partition coefficient (Wildman–Crippen LogP) is 6.16. The van der Waals surface area contributed by atoms with Crippen LogP contribution in [0.1, 0.15) is 31.9 Å². The highest BCUT2D eigenvalue weighted by atomic mass is 35.5. The number of carbonyl (C=O) groups excluding carboxylic acids is 1. The predicted molar refractivity (Wildman–Crippen MR) is 109 cm³/mol. The van der Waals surface area contributed by atoms with Crippen LogP contribution in [0.25, 0.3) is 0 Å². The summed E-state index contributed by atoms with van der Waals surface area (Å²) in [5, 5.41) is 5.46. The lowest BCUT2D eigenvalue weighted by Gasteiger charge is -2.09. The molecule has 0 spiro atoms. The van der Waals surface area contributed by atoms with E-state index in [-0.39, 0.29) is 5.91 Å². The highest BCUT2D eigenvalue weighted by Gasteiger charge is 2.11. The highest BCUT2D eigenvalue weighted by Crippen LogP contribution is 2.24. The first-order chi connectivity index (χ1) is 12.4. The van der Waals surface area contributed by atoms with E-state index in [0.29, 0.717) is 22.2 Å². The minimum Gasteiger partial charge on any atom is -0.489 e. The number of halogens is 1. The minimum absolute atomic E-state index is 0.145. The van der Waals surface area contributed by atoms with Gasteiger partial charge in [0, 0.05) is 16.3 Å². The van der Waals surface area contributed by atoms with E-state index in [1.807, 2.05) is 49.6 Å². The van der Waals surface area contributed by atoms with Crippen molar-refractivity contribution < 1.29 is 9.53 Å². The summed E-state index contributed by atoms with van der Waals surface area (Å²) in [4.78, 5) is 13.1. The minimum atomic E-state index is -0.145. The maximum absolute atomic E-state index is 12.4. The van der Waals surface area contributed by atoms with Crippen LogP contribution in [-0.4, -0.2) is 5.91 Å². The first-order valence-electron chi connectivity index (χ1n) is 8.28. The third-order valence-electron chi connectivity index (χ3n) is 4.26. The fraction of sp³-hybridized carbons (Fsp3) is 0.190. The Balaban J connectivity index is 1.64. The number of carbonyl (C=O) groups is 1. The van der Waals surface area contributed by atoms with Crippen molar-refractivity contribution in [2.45, 2.75) is 27.4 Å². The topological polar surface area (TPSA) is 38.3 Å². The van der Waals surface area contributed by atoms with Crippen LogP contribution < -0.4 is 10.1 Å². The van der Waals surface area contributed by atoms with Crippen molar-refractivity contribution >= 4 is 34.5 Å². The first kappa shape index (κ1) is 18.5. The molecular weight excluding hydrogens is 366 g/mol. The summed E-state index contributed by atoms with van der Waals surface area (Å²) in [6.45, 7) is 6.47. The van der Waals surface area contributed by atoms with E-state index in [1.54, 1.807) is 6.07 Å². The Morgan fingerprint density at radius 2 is 1.92 bits per heavy atom. The van der Waals surface area contributed by atoms with Gasteiger partial charge < -0.3 is 10.1 Å². The number of benzene rings is 2. The van der Waals surface area contributed by atoms with Crippen molar-refractivity contribution in [3.05, 3.63) is 80.0 Å². The Morgan fingerprint density at radius 1 is 1.12 bits per heavy atom. The van der Waals surface area contributed by atoms with Gasteiger partial charge in [-0.1, -0.05) is 29.8 Å². The molecule has 2 aromatic carbocycles. The molecule has 1 amide bonds. The molecule has 1 heterocycles. The van der Waals surface area contributed by atoms with Gasteiger partial charge in [0.05, 0.1) is 4.88 Å². The SMILES string of the molecule is Cc1ccc(NC(=O)c2cc(COc3cccc(C)c3C)cs2)cc1Cl. The van der Waals surface area contributed by atoms with Gasteiger partial charge in [-0.15, -0.1) is 11.3 Å². The smallest absolute Gasteiger partial charge is 0.265 e. The molecule has 0 unspecified atom stereocenters. The number of nitrogens with one attached hydrogen (secondary N) is 1. The van der Waals surface area contributed by atoms with Crippen LogP contribution in [0.3, 0.4) is 0 Å². The van der Waals surface area contributed by atoms with Crippen LogP contribution in [0.4, 0.5) is 5.69 Å². The van der Waals surface area contributed by atoms with Gasteiger partial charge in [0.2, 0.25) is 0 Å². The fourth-order valence-electron chi connectivity index (χ4n) is 2.48. The molecule has 0 saturated heterocycles. The molecule has 26 heavy (non-hydrogen) atoms. The van der Waals surface area contributed by atoms with E-state index >= 15 is 0 Å². The second kappa shape index (κ2) is 7.94. The van der Waals surface area contributed by atoms with Crippen LogP contribution in [0.15, 0.2) is 47.8 Å². The van der Waals surface area contributed by atoms with Gasteiger partial charge in [-0.2, -0.15) is 0 Å². The van der Waals surface area contributed by atoms with E-state index in [1.165, 1.54) is 16.9 Å². The molecule has 5 heteroatoms. The van der Waals surface area contributed by atoms with Crippen LogP contribution in [0.2, 0.25) is 5.02 Å². The van der Waals surface area contributed by atoms with Gasteiger partial charge in [0.25, 0.3) is 5.91 Å². The Morgan fingerprint density at radius 3 is 2.69 bits per heavy atom. The molecule has 0 atom stereocenters. The molecule has 1 N–H and O–H groups in total. The molecule has 0 aliphatic rings. The van der Waals surface area contributed by atoms with Crippen molar-refractivity contribution in [1.29, 1.82) is 0 Å². The van der Waals surface area contributed by atoms with E-state index in [4.69, 9.17) is 16.3 Å². The average molecular weight is 386 g/mol. The molecule has 134 valence electrons. The molecule has 3 nitrogen and oxygen atoms in total. The normalized spacial score (nSPS) is 10.6.